The number of rotatable bonds is 8. The summed E-state index contributed by atoms with van der Waals surface area (Å²) in [5, 5.41) is 14.6. The molecule has 3 aromatic rings. The summed E-state index contributed by atoms with van der Waals surface area (Å²) in [5.74, 6) is -0.193. The Bertz CT molecular complexity index is 914. The van der Waals surface area contributed by atoms with Gasteiger partial charge >= 0.3 is 0 Å². The first-order valence-corrected chi connectivity index (χ1v) is 11.1. The summed E-state index contributed by atoms with van der Waals surface area (Å²) in [7, 11) is -3.58. The van der Waals surface area contributed by atoms with Crippen molar-refractivity contribution in [2.24, 2.45) is 0 Å². The lowest BCUT2D eigenvalue weighted by molar-refractivity contribution is -0.384. The van der Waals surface area contributed by atoms with Crippen LogP contribution in [0.1, 0.15) is 15.3 Å². The van der Waals surface area contributed by atoms with Crippen molar-refractivity contribution in [3.63, 3.8) is 0 Å². The van der Waals surface area contributed by atoms with E-state index in [4.69, 9.17) is 0 Å². The van der Waals surface area contributed by atoms with Crippen LogP contribution in [-0.2, 0) is 28.9 Å². The van der Waals surface area contributed by atoms with E-state index in [1.165, 1.54) is 51.2 Å². The highest BCUT2D eigenvalue weighted by Crippen LogP contribution is 2.23. The highest BCUT2D eigenvalue weighted by atomic mass is 32.2. The lowest BCUT2D eigenvalue weighted by Gasteiger charge is -2.21. The van der Waals surface area contributed by atoms with Crippen LogP contribution in [0.4, 0.5) is 5.69 Å². The molecule has 0 radical (unpaired) electrons. The molecule has 0 bridgehead atoms. The second-order valence-corrected chi connectivity index (χ2v) is 9.64. The molecule has 26 heavy (non-hydrogen) atoms. The molecular weight excluding hydrogens is 392 g/mol. The molecule has 0 spiro atoms. The van der Waals surface area contributed by atoms with E-state index in [9.17, 15) is 18.5 Å². The minimum Gasteiger partial charge on any atom is -0.258 e. The fraction of sp³-hybridized carbons (Fsp3) is 0.176. The average molecular weight is 409 g/mol. The van der Waals surface area contributed by atoms with Gasteiger partial charge in [-0.3, -0.25) is 10.1 Å². The molecule has 136 valence electrons. The molecule has 0 unspecified atom stereocenters. The summed E-state index contributed by atoms with van der Waals surface area (Å²) in [6, 6.07) is 13.2. The fourth-order valence-electron chi connectivity index (χ4n) is 2.42. The molecule has 6 nitrogen and oxygen atoms in total. The number of nitrogens with zero attached hydrogens (tertiary/aromatic N) is 2. The van der Waals surface area contributed by atoms with Crippen LogP contribution in [-0.4, -0.2) is 17.6 Å². The van der Waals surface area contributed by atoms with E-state index in [-0.39, 0.29) is 11.4 Å². The van der Waals surface area contributed by atoms with Crippen LogP contribution in [0.2, 0.25) is 0 Å². The van der Waals surface area contributed by atoms with E-state index < -0.39 is 14.9 Å². The smallest absolute Gasteiger partial charge is 0.258 e. The molecule has 0 N–H and O–H groups in total. The summed E-state index contributed by atoms with van der Waals surface area (Å²) < 4.78 is 27.4. The first-order chi connectivity index (χ1) is 12.4. The molecule has 2 heterocycles. The van der Waals surface area contributed by atoms with E-state index in [0.29, 0.717) is 18.7 Å². The van der Waals surface area contributed by atoms with Crippen molar-refractivity contribution in [2.45, 2.75) is 18.8 Å². The maximum Gasteiger partial charge on any atom is 0.269 e. The molecule has 2 aromatic heterocycles. The molecule has 0 atom stereocenters. The van der Waals surface area contributed by atoms with Crippen LogP contribution >= 0.6 is 22.7 Å². The van der Waals surface area contributed by atoms with E-state index in [2.05, 4.69) is 0 Å². The highest BCUT2D eigenvalue weighted by molar-refractivity contribution is 7.88. The van der Waals surface area contributed by atoms with Gasteiger partial charge in [0.15, 0.2) is 0 Å². The molecule has 0 amide bonds. The molecule has 0 aliphatic heterocycles. The SMILES string of the molecule is O=[N+]([O-])c1ccc(CS(=O)(=O)N(Cc2cccs2)Cc2cccs2)cc1. The Morgan fingerprint density at radius 2 is 1.46 bits per heavy atom. The van der Waals surface area contributed by atoms with Crippen LogP contribution < -0.4 is 0 Å². The van der Waals surface area contributed by atoms with Crippen molar-refractivity contribution >= 4 is 38.4 Å². The zero-order valence-electron chi connectivity index (χ0n) is 13.6. The zero-order valence-corrected chi connectivity index (χ0v) is 16.1. The van der Waals surface area contributed by atoms with Gasteiger partial charge in [-0.2, -0.15) is 4.31 Å². The summed E-state index contributed by atoms with van der Waals surface area (Å²) in [6.45, 7) is 0.621. The van der Waals surface area contributed by atoms with Gasteiger partial charge < -0.3 is 0 Å². The number of thiophene rings is 2. The minimum atomic E-state index is -3.58. The second-order valence-electron chi connectivity index (χ2n) is 5.61. The first kappa shape index (κ1) is 18.7. The molecule has 0 aliphatic carbocycles. The van der Waals surface area contributed by atoms with E-state index in [0.717, 1.165) is 9.75 Å². The van der Waals surface area contributed by atoms with Gasteiger partial charge in [0.25, 0.3) is 5.69 Å². The number of benzene rings is 1. The summed E-state index contributed by atoms with van der Waals surface area (Å²) in [4.78, 5) is 12.2. The van der Waals surface area contributed by atoms with Crippen LogP contribution in [0.15, 0.2) is 59.3 Å². The summed E-state index contributed by atoms with van der Waals surface area (Å²) in [6.07, 6.45) is 0. The Balaban J connectivity index is 1.81. The lowest BCUT2D eigenvalue weighted by atomic mass is 10.2. The quantitative estimate of drug-likeness (QED) is 0.412. The average Bonchev–Trinajstić information content (AvgIpc) is 3.28. The van der Waals surface area contributed by atoms with Crippen LogP contribution in [0.25, 0.3) is 0 Å². The number of nitro groups is 1. The predicted octanol–water partition coefficient (Wildman–Crippen LogP) is 4.25. The molecule has 3 rings (SSSR count). The van der Waals surface area contributed by atoms with Crippen molar-refractivity contribution < 1.29 is 13.3 Å². The summed E-state index contributed by atoms with van der Waals surface area (Å²) in [5.41, 5.74) is 0.470. The molecule has 0 saturated heterocycles. The number of hydrogen-bond donors (Lipinski definition) is 0. The number of sulfonamides is 1. The predicted molar refractivity (Wildman–Crippen MR) is 104 cm³/mol. The zero-order chi connectivity index (χ0) is 18.6. The van der Waals surface area contributed by atoms with Crippen molar-refractivity contribution in [1.82, 2.24) is 4.31 Å². The Kier molecular flexibility index (Phi) is 5.82. The van der Waals surface area contributed by atoms with Crippen LogP contribution in [0, 0.1) is 10.1 Å². The van der Waals surface area contributed by atoms with Crippen molar-refractivity contribution in [2.75, 3.05) is 0 Å². The van der Waals surface area contributed by atoms with Crippen LogP contribution in [0.3, 0.4) is 0 Å². The third-order valence-corrected chi connectivity index (χ3v) is 7.18. The molecule has 1 aromatic carbocycles. The number of non-ortho nitro benzene ring substituents is 1. The number of hydrogen-bond acceptors (Lipinski definition) is 6. The molecule has 0 aliphatic rings. The van der Waals surface area contributed by atoms with Gasteiger partial charge in [0.05, 0.1) is 10.7 Å². The maximum absolute atomic E-state index is 13.0. The molecular formula is C17H16N2O4S3. The van der Waals surface area contributed by atoms with Gasteiger partial charge in [-0.25, -0.2) is 8.42 Å². The standard InChI is InChI=1S/C17H16N2O4S3/c20-19(21)15-7-5-14(6-8-15)13-26(22,23)18(11-16-3-1-9-24-16)12-17-4-2-10-25-17/h1-10H,11-13H2. The maximum atomic E-state index is 13.0. The van der Waals surface area contributed by atoms with Gasteiger partial charge in [0, 0.05) is 35.0 Å². The van der Waals surface area contributed by atoms with Crippen molar-refractivity contribution in [1.29, 1.82) is 0 Å². The topological polar surface area (TPSA) is 80.5 Å². The van der Waals surface area contributed by atoms with Crippen molar-refractivity contribution in [3.05, 3.63) is 84.7 Å². The van der Waals surface area contributed by atoms with Crippen LogP contribution in [0.5, 0.6) is 0 Å². The third kappa shape index (κ3) is 4.76. The van der Waals surface area contributed by atoms with Gasteiger partial charge in [0.1, 0.15) is 0 Å². The fourth-order valence-corrected chi connectivity index (χ4v) is 5.49. The Hall–Kier alpha value is -2.07. The van der Waals surface area contributed by atoms with Gasteiger partial charge in [-0.05, 0) is 28.5 Å². The minimum absolute atomic E-state index is 0.0554. The monoisotopic (exact) mass is 408 g/mol. The highest BCUT2D eigenvalue weighted by Gasteiger charge is 2.24. The largest absolute Gasteiger partial charge is 0.269 e. The van der Waals surface area contributed by atoms with Crippen molar-refractivity contribution in [3.8, 4) is 0 Å². The van der Waals surface area contributed by atoms with Gasteiger partial charge in [-0.15, -0.1) is 22.7 Å². The van der Waals surface area contributed by atoms with E-state index >= 15 is 0 Å². The third-order valence-electron chi connectivity index (χ3n) is 3.71. The Morgan fingerprint density at radius 3 is 1.88 bits per heavy atom. The van der Waals surface area contributed by atoms with E-state index in [1.54, 1.807) is 0 Å². The summed E-state index contributed by atoms with van der Waals surface area (Å²) >= 11 is 3.03. The lowest BCUT2D eigenvalue weighted by Crippen LogP contribution is -2.30. The molecule has 0 saturated carbocycles. The van der Waals surface area contributed by atoms with E-state index in [1.807, 2.05) is 35.0 Å². The molecule has 9 heteroatoms. The second kappa shape index (κ2) is 8.09. The normalized spacial score (nSPS) is 11.7. The molecule has 0 fully saturated rings. The first-order valence-electron chi connectivity index (χ1n) is 7.70. The Labute approximate surface area is 159 Å². The Morgan fingerprint density at radius 1 is 0.923 bits per heavy atom. The van der Waals surface area contributed by atoms with Gasteiger partial charge in [-0.1, -0.05) is 24.3 Å². The van der Waals surface area contributed by atoms with Gasteiger partial charge in [0.2, 0.25) is 10.0 Å². The number of nitro benzene ring substituents is 1.